The van der Waals surface area contributed by atoms with Crippen molar-refractivity contribution in [1.82, 2.24) is 10.2 Å². The van der Waals surface area contributed by atoms with E-state index < -0.39 is 11.9 Å². The van der Waals surface area contributed by atoms with Crippen molar-refractivity contribution in [2.45, 2.75) is 26.2 Å². The first-order valence-corrected chi connectivity index (χ1v) is 6.33. The fourth-order valence-corrected chi connectivity index (χ4v) is 2.36. The smallest absolute Gasteiger partial charge is 0.317 e. The summed E-state index contributed by atoms with van der Waals surface area (Å²) in [5.74, 6) is -0.365. The molecular formula is C12H20N2O3. The molecule has 5 heteroatoms. The minimum atomic E-state index is -0.800. The molecule has 1 heterocycles. The Balaban J connectivity index is 1.73. The van der Waals surface area contributed by atoms with Gasteiger partial charge in [0, 0.05) is 19.6 Å². The van der Waals surface area contributed by atoms with E-state index >= 15 is 0 Å². The average molecular weight is 240 g/mol. The van der Waals surface area contributed by atoms with Crippen LogP contribution in [0.3, 0.4) is 0 Å². The number of hydrogen-bond acceptors (Lipinski definition) is 2. The zero-order valence-electron chi connectivity index (χ0n) is 10.2. The number of carbonyl (C=O) groups is 2. The van der Waals surface area contributed by atoms with E-state index in [1.54, 1.807) is 4.90 Å². The number of carboxylic acids is 1. The van der Waals surface area contributed by atoms with Crippen molar-refractivity contribution in [2.24, 2.45) is 17.8 Å². The lowest BCUT2D eigenvalue weighted by Gasteiger charge is -2.16. The van der Waals surface area contributed by atoms with Crippen LogP contribution in [0.4, 0.5) is 4.79 Å². The minimum absolute atomic E-state index is 0.0432. The summed E-state index contributed by atoms with van der Waals surface area (Å²) in [6, 6.07) is -0.110. The van der Waals surface area contributed by atoms with Gasteiger partial charge in [0.25, 0.3) is 0 Å². The van der Waals surface area contributed by atoms with Gasteiger partial charge < -0.3 is 15.3 Å². The van der Waals surface area contributed by atoms with E-state index in [-0.39, 0.29) is 11.9 Å². The van der Waals surface area contributed by atoms with Crippen LogP contribution in [0.1, 0.15) is 26.2 Å². The van der Waals surface area contributed by atoms with Gasteiger partial charge in [-0.1, -0.05) is 19.8 Å². The van der Waals surface area contributed by atoms with Gasteiger partial charge in [0.15, 0.2) is 0 Å². The predicted molar refractivity (Wildman–Crippen MR) is 62.6 cm³/mol. The molecule has 2 unspecified atom stereocenters. The number of amides is 2. The Morgan fingerprint density at radius 2 is 2.06 bits per heavy atom. The first-order chi connectivity index (χ1) is 8.08. The lowest BCUT2D eigenvalue weighted by Crippen LogP contribution is -2.39. The van der Waals surface area contributed by atoms with Crippen LogP contribution in [0.25, 0.3) is 0 Å². The molecule has 0 aromatic carbocycles. The number of nitrogens with zero attached hydrogens (tertiary/aromatic N) is 1. The van der Waals surface area contributed by atoms with Crippen molar-refractivity contribution in [3.8, 4) is 0 Å². The van der Waals surface area contributed by atoms with Crippen molar-refractivity contribution in [3.05, 3.63) is 0 Å². The number of likely N-dealkylation sites (tertiary alicyclic amines) is 1. The lowest BCUT2D eigenvalue weighted by molar-refractivity contribution is -0.142. The summed E-state index contributed by atoms with van der Waals surface area (Å²) in [4.78, 5) is 24.3. The number of carbonyl (C=O) groups excluding carboxylic acids is 1. The fraction of sp³-hybridized carbons (Fsp3) is 0.833. The third kappa shape index (κ3) is 3.11. The van der Waals surface area contributed by atoms with Crippen LogP contribution in [0.15, 0.2) is 0 Å². The Labute approximate surface area is 101 Å². The molecule has 0 spiro atoms. The maximum Gasteiger partial charge on any atom is 0.317 e. The standard InChI is InChI=1S/C12H20N2O3/c1-8-6-14(7-10(8)11(15)16)12(17)13-5-4-9-2-3-9/h8-10H,2-7H2,1H3,(H,13,17)(H,15,16). The molecule has 1 saturated heterocycles. The van der Waals surface area contributed by atoms with Crippen LogP contribution in [0.2, 0.25) is 0 Å². The molecule has 2 aliphatic rings. The molecule has 0 aromatic rings. The van der Waals surface area contributed by atoms with Gasteiger partial charge in [-0.25, -0.2) is 4.79 Å². The van der Waals surface area contributed by atoms with E-state index in [1.807, 2.05) is 6.92 Å². The summed E-state index contributed by atoms with van der Waals surface area (Å²) >= 11 is 0. The molecule has 5 nitrogen and oxygen atoms in total. The Kier molecular flexibility index (Phi) is 3.54. The summed E-state index contributed by atoms with van der Waals surface area (Å²) in [6.07, 6.45) is 3.63. The molecule has 96 valence electrons. The summed E-state index contributed by atoms with van der Waals surface area (Å²) in [5, 5.41) is 11.9. The van der Waals surface area contributed by atoms with Gasteiger partial charge in [-0.2, -0.15) is 0 Å². The largest absolute Gasteiger partial charge is 0.481 e. The highest BCUT2D eigenvalue weighted by Gasteiger charge is 2.36. The van der Waals surface area contributed by atoms with Gasteiger partial charge in [0.1, 0.15) is 0 Å². The zero-order chi connectivity index (χ0) is 12.4. The molecule has 2 N–H and O–H groups in total. The van der Waals surface area contributed by atoms with Gasteiger partial charge >= 0.3 is 12.0 Å². The van der Waals surface area contributed by atoms with Crippen LogP contribution in [-0.4, -0.2) is 41.6 Å². The third-order valence-electron chi connectivity index (χ3n) is 3.74. The number of nitrogens with one attached hydrogen (secondary N) is 1. The van der Waals surface area contributed by atoms with Crippen molar-refractivity contribution < 1.29 is 14.7 Å². The number of hydrogen-bond donors (Lipinski definition) is 2. The van der Waals surface area contributed by atoms with E-state index in [2.05, 4.69) is 5.32 Å². The molecule has 2 atom stereocenters. The Morgan fingerprint density at radius 1 is 1.35 bits per heavy atom. The number of carboxylic acid groups (broad SMARTS) is 1. The van der Waals surface area contributed by atoms with Crippen LogP contribution >= 0.6 is 0 Å². The topological polar surface area (TPSA) is 69.6 Å². The highest BCUT2D eigenvalue weighted by molar-refractivity contribution is 5.77. The third-order valence-corrected chi connectivity index (χ3v) is 3.74. The first kappa shape index (κ1) is 12.2. The number of rotatable bonds is 4. The van der Waals surface area contributed by atoms with Gasteiger partial charge in [-0.3, -0.25) is 4.79 Å². The Bertz CT molecular complexity index is 315. The van der Waals surface area contributed by atoms with Crippen molar-refractivity contribution >= 4 is 12.0 Å². The maximum absolute atomic E-state index is 11.8. The molecule has 2 fully saturated rings. The van der Waals surface area contributed by atoms with Gasteiger partial charge in [0.2, 0.25) is 0 Å². The highest BCUT2D eigenvalue weighted by atomic mass is 16.4. The predicted octanol–water partition coefficient (Wildman–Crippen LogP) is 1.15. The van der Waals surface area contributed by atoms with E-state index in [9.17, 15) is 9.59 Å². The molecule has 0 bridgehead atoms. The second-order valence-corrected chi connectivity index (χ2v) is 5.29. The lowest BCUT2D eigenvalue weighted by atomic mass is 9.99. The molecule has 0 radical (unpaired) electrons. The van der Waals surface area contributed by atoms with E-state index in [0.29, 0.717) is 19.6 Å². The number of aliphatic carboxylic acids is 1. The Hall–Kier alpha value is -1.26. The second kappa shape index (κ2) is 4.94. The summed E-state index contributed by atoms with van der Waals surface area (Å²) < 4.78 is 0. The first-order valence-electron chi connectivity index (χ1n) is 6.33. The fourth-order valence-electron chi connectivity index (χ4n) is 2.36. The Morgan fingerprint density at radius 3 is 2.59 bits per heavy atom. The van der Waals surface area contributed by atoms with E-state index in [1.165, 1.54) is 12.8 Å². The van der Waals surface area contributed by atoms with Crippen molar-refractivity contribution in [2.75, 3.05) is 19.6 Å². The molecule has 1 aliphatic heterocycles. The molecule has 1 aliphatic carbocycles. The van der Waals surface area contributed by atoms with Crippen LogP contribution < -0.4 is 5.32 Å². The van der Waals surface area contributed by atoms with E-state index in [4.69, 9.17) is 5.11 Å². The summed E-state index contributed by atoms with van der Waals surface area (Å²) in [7, 11) is 0. The van der Waals surface area contributed by atoms with Crippen LogP contribution in [-0.2, 0) is 4.79 Å². The highest BCUT2D eigenvalue weighted by Crippen LogP contribution is 2.31. The summed E-state index contributed by atoms with van der Waals surface area (Å²) in [5.41, 5.74) is 0. The van der Waals surface area contributed by atoms with Crippen LogP contribution in [0.5, 0.6) is 0 Å². The monoisotopic (exact) mass is 240 g/mol. The average Bonchev–Trinajstić information content (AvgIpc) is 2.99. The number of urea groups is 1. The molecule has 1 saturated carbocycles. The minimum Gasteiger partial charge on any atom is -0.481 e. The molecule has 2 amide bonds. The zero-order valence-corrected chi connectivity index (χ0v) is 10.2. The van der Waals surface area contributed by atoms with Gasteiger partial charge in [-0.05, 0) is 18.3 Å². The maximum atomic E-state index is 11.8. The normalized spacial score (nSPS) is 28.2. The quantitative estimate of drug-likeness (QED) is 0.774. The second-order valence-electron chi connectivity index (χ2n) is 5.29. The molecule has 17 heavy (non-hydrogen) atoms. The summed E-state index contributed by atoms with van der Waals surface area (Å²) in [6.45, 7) is 3.49. The van der Waals surface area contributed by atoms with E-state index in [0.717, 1.165) is 12.3 Å². The van der Waals surface area contributed by atoms with Gasteiger partial charge in [0.05, 0.1) is 5.92 Å². The van der Waals surface area contributed by atoms with Crippen molar-refractivity contribution in [3.63, 3.8) is 0 Å². The van der Waals surface area contributed by atoms with Gasteiger partial charge in [-0.15, -0.1) is 0 Å². The molecule has 0 aromatic heterocycles. The molecular weight excluding hydrogens is 220 g/mol. The molecule has 2 rings (SSSR count). The van der Waals surface area contributed by atoms with Crippen molar-refractivity contribution in [1.29, 1.82) is 0 Å². The SMILES string of the molecule is CC1CN(C(=O)NCCC2CC2)CC1C(=O)O. The van der Waals surface area contributed by atoms with Crippen LogP contribution in [0, 0.1) is 17.8 Å².